The second kappa shape index (κ2) is 4.58. The highest BCUT2D eigenvalue weighted by molar-refractivity contribution is 5.31. The van der Waals surface area contributed by atoms with Crippen LogP contribution in [0.25, 0.3) is 0 Å². The average Bonchev–Trinajstić information content (AvgIpc) is 2.29. The van der Waals surface area contributed by atoms with Gasteiger partial charge in [-0.2, -0.15) is 0 Å². The average molecular weight is 217 g/mol. The summed E-state index contributed by atoms with van der Waals surface area (Å²) >= 11 is 0. The molecule has 0 fully saturated rings. The van der Waals surface area contributed by atoms with Crippen LogP contribution in [-0.2, 0) is 12.8 Å². The quantitative estimate of drug-likeness (QED) is 0.820. The molecule has 1 aliphatic rings. The summed E-state index contributed by atoms with van der Waals surface area (Å²) in [7, 11) is 2.07. The van der Waals surface area contributed by atoms with E-state index in [0.29, 0.717) is 5.41 Å². The van der Waals surface area contributed by atoms with Crippen LogP contribution in [0, 0.1) is 11.3 Å². The van der Waals surface area contributed by atoms with Gasteiger partial charge in [0.05, 0.1) is 0 Å². The molecule has 1 heteroatoms. The van der Waals surface area contributed by atoms with E-state index in [9.17, 15) is 0 Å². The Hall–Kier alpha value is -0.820. The summed E-state index contributed by atoms with van der Waals surface area (Å²) in [6.45, 7) is 5.87. The number of rotatable bonds is 3. The third kappa shape index (κ3) is 2.01. The first kappa shape index (κ1) is 11.7. The van der Waals surface area contributed by atoms with Crippen LogP contribution in [0.1, 0.15) is 31.4 Å². The second-order valence-corrected chi connectivity index (χ2v) is 5.49. The van der Waals surface area contributed by atoms with Crippen molar-refractivity contribution in [3.05, 3.63) is 35.4 Å². The Balaban J connectivity index is 2.27. The maximum Gasteiger partial charge on any atom is 0.00106 e. The van der Waals surface area contributed by atoms with Crippen molar-refractivity contribution in [3.8, 4) is 0 Å². The van der Waals surface area contributed by atoms with E-state index in [1.54, 1.807) is 11.1 Å². The van der Waals surface area contributed by atoms with E-state index in [0.717, 1.165) is 12.5 Å². The molecule has 1 aromatic carbocycles. The van der Waals surface area contributed by atoms with Gasteiger partial charge < -0.3 is 5.32 Å². The molecule has 1 aromatic rings. The fraction of sp³-hybridized carbons (Fsp3) is 0.600. The van der Waals surface area contributed by atoms with E-state index >= 15 is 0 Å². The highest BCUT2D eigenvalue weighted by Crippen LogP contribution is 2.40. The van der Waals surface area contributed by atoms with Gasteiger partial charge in [-0.05, 0) is 48.8 Å². The summed E-state index contributed by atoms with van der Waals surface area (Å²) in [6.07, 6.45) is 3.81. The lowest BCUT2D eigenvalue weighted by molar-refractivity contribution is 0.157. The largest absolute Gasteiger partial charge is 0.319 e. The first-order chi connectivity index (χ1) is 7.68. The van der Waals surface area contributed by atoms with E-state index < -0.39 is 0 Å². The smallest absolute Gasteiger partial charge is 0.00106 e. The van der Waals surface area contributed by atoms with E-state index in [1.165, 1.54) is 19.3 Å². The number of nitrogens with one attached hydrogen (secondary N) is 1. The molecule has 0 bridgehead atoms. The molecule has 2 rings (SSSR count). The lowest BCUT2D eigenvalue weighted by Gasteiger charge is -2.41. The van der Waals surface area contributed by atoms with Crippen molar-refractivity contribution in [2.24, 2.45) is 11.3 Å². The Morgan fingerprint density at radius 3 is 2.56 bits per heavy atom. The standard InChI is InChI=1S/C15H23N/c1-12(2)15(11-16-3)9-8-13-6-4-5-7-14(13)10-15/h4-7,12,16H,8-11H2,1-3H3. The predicted molar refractivity (Wildman–Crippen MR) is 69.7 cm³/mol. The van der Waals surface area contributed by atoms with E-state index in [2.05, 4.69) is 50.5 Å². The van der Waals surface area contributed by atoms with Gasteiger partial charge in [0.15, 0.2) is 0 Å². The van der Waals surface area contributed by atoms with Gasteiger partial charge in [-0.25, -0.2) is 0 Å². The first-order valence-electron chi connectivity index (χ1n) is 6.39. The summed E-state index contributed by atoms with van der Waals surface area (Å²) in [5, 5.41) is 3.39. The molecule has 0 spiro atoms. The zero-order valence-electron chi connectivity index (χ0n) is 10.7. The first-order valence-corrected chi connectivity index (χ1v) is 6.39. The number of aryl methyl sites for hydroxylation is 1. The molecule has 0 aliphatic heterocycles. The Kier molecular flexibility index (Phi) is 3.34. The van der Waals surface area contributed by atoms with E-state index in [-0.39, 0.29) is 0 Å². The third-order valence-electron chi connectivity index (χ3n) is 4.31. The van der Waals surface area contributed by atoms with Gasteiger partial charge >= 0.3 is 0 Å². The highest BCUT2D eigenvalue weighted by atomic mass is 14.8. The van der Waals surface area contributed by atoms with Crippen molar-refractivity contribution in [3.63, 3.8) is 0 Å². The molecular formula is C15H23N. The molecule has 0 heterocycles. The van der Waals surface area contributed by atoms with Gasteiger partial charge in [-0.1, -0.05) is 38.1 Å². The number of benzene rings is 1. The Bertz CT molecular complexity index is 356. The van der Waals surface area contributed by atoms with Crippen molar-refractivity contribution >= 4 is 0 Å². The van der Waals surface area contributed by atoms with Crippen LogP contribution in [0.5, 0.6) is 0 Å². The minimum atomic E-state index is 0.461. The van der Waals surface area contributed by atoms with Crippen LogP contribution in [-0.4, -0.2) is 13.6 Å². The molecule has 0 amide bonds. The normalized spacial score (nSPS) is 24.5. The Morgan fingerprint density at radius 1 is 1.25 bits per heavy atom. The highest BCUT2D eigenvalue weighted by Gasteiger charge is 2.36. The third-order valence-corrected chi connectivity index (χ3v) is 4.31. The second-order valence-electron chi connectivity index (χ2n) is 5.49. The van der Waals surface area contributed by atoms with Crippen LogP contribution in [0.2, 0.25) is 0 Å². The van der Waals surface area contributed by atoms with Crippen LogP contribution < -0.4 is 5.32 Å². The summed E-state index contributed by atoms with van der Waals surface area (Å²) in [5.41, 5.74) is 3.59. The SMILES string of the molecule is CNCC1(C(C)C)CCc2ccccc2C1. The zero-order valence-corrected chi connectivity index (χ0v) is 10.7. The Morgan fingerprint density at radius 2 is 1.94 bits per heavy atom. The molecule has 1 aliphatic carbocycles. The topological polar surface area (TPSA) is 12.0 Å². The molecule has 0 radical (unpaired) electrons. The summed E-state index contributed by atoms with van der Waals surface area (Å²) < 4.78 is 0. The van der Waals surface area contributed by atoms with Crippen LogP contribution in [0.4, 0.5) is 0 Å². The maximum atomic E-state index is 3.39. The van der Waals surface area contributed by atoms with Crippen molar-refractivity contribution in [2.75, 3.05) is 13.6 Å². The van der Waals surface area contributed by atoms with Crippen LogP contribution >= 0.6 is 0 Å². The van der Waals surface area contributed by atoms with Gasteiger partial charge in [0.25, 0.3) is 0 Å². The summed E-state index contributed by atoms with van der Waals surface area (Å²) in [4.78, 5) is 0. The predicted octanol–water partition coefficient (Wildman–Crippen LogP) is 3.04. The lowest BCUT2D eigenvalue weighted by atomic mass is 9.65. The van der Waals surface area contributed by atoms with E-state index in [1.807, 2.05) is 0 Å². The molecule has 0 saturated heterocycles. The van der Waals surface area contributed by atoms with Crippen molar-refractivity contribution < 1.29 is 0 Å². The molecule has 16 heavy (non-hydrogen) atoms. The van der Waals surface area contributed by atoms with Gasteiger partial charge in [-0.3, -0.25) is 0 Å². The molecule has 1 N–H and O–H groups in total. The fourth-order valence-corrected chi connectivity index (χ4v) is 3.03. The summed E-state index contributed by atoms with van der Waals surface area (Å²) in [5.74, 6) is 0.744. The molecule has 1 atom stereocenters. The minimum Gasteiger partial charge on any atom is -0.319 e. The van der Waals surface area contributed by atoms with Crippen LogP contribution in [0.15, 0.2) is 24.3 Å². The van der Waals surface area contributed by atoms with Crippen molar-refractivity contribution in [1.82, 2.24) is 5.32 Å². The molecule has 1 nitrogen and oxygen atoms in total. The van der Waals surface area contributed by atoms with Gasteiger partial charge in [0.2, 0.25) is 0 Å². The Labute approximate surface area is 99.3 Å². The number of fused-ring (bicyclic) bond motifs is 1. The van der Waals surface area contributed by atoms with Crippen molar-refractivity contribution in [2.45, 2.75) is 33.1 Å². The summed E-state index contributed by atoms with van der Waals surface area (Å²) in [6, 6.07) is 8.94. The maximum absolute atomic E-state index is 3.39. The van der Waals surface area contributed by atoms with Crippen LogP contribution in [0.3, 0.4) is 0 Å². The molecular weight excluding hydrogens is 194 g/mol. The molecule has 0 saturated carbocycles. The fourth-order valence-electron chi connectivity index (χ4n) is 3.03. The van der Waals surface area contributed by atoms with Gasteiger partial charge in [-0.15, -0.1) is 0 Å². The monoisotopic (exact) mass is 217 g/mol. The lowest BCUT2D eigenvalue weighted by Crippen LogP contribution is -2.41. The number of hydrogen-bond acceptors (Lipinski definition) is 1. The molecule has 0 aromatic heterocycles. The molecule has 88 valence electrons. The molecule has 1 unspecified atom stereocenters. The zero-order chi connectivity index (χ0) is 11.6. The van der Waals surface area contributed by atoms with E-state index in [4.69, 9.17) is 0 Å². The van der Waals surface area contributed by atoms with Gasteiger partial charge in [0, 0.05) is 6.54 Å². The van der Waals surface area contributed by atoms with Crippen molar-refractivity contribution in [1.29, 1.82) is 0 Å². The van der Waals surface area contributed by atoms with Gasteiger partial charge in [0.1, 0.15) is 0 Å². The minimum absolute atomic E-state index is 0.461. The number of hydrogen-bond donors (Lipinski definition) is 1.